The third kappa shape index (κ3) is 3.76. The maximum Gasteiger partial charge on any atom is 0.231 e. The van der Waals surface area contributed by atoms with Crippen molar-refractivity contribution in [2.45, 2.75) is 13.8 Å². The molecule has 130 valence electrons. The number of nitrogens with one attached hydrogen (secondary N) is 1. The van der Waals surface area contributed by atoms with Crippen LogP contribution in [0.2, 0.25) is 10.0 Å². The molecule has 0 spiro atoms. The number of hydrogen-bond donors (Lipinski definition) is 1. The second-order valence-electron chi connectivity index (χ2n) is 6.42. The molecule has 2 heterocycles. The fourth-order valence-electron chi connectivity index (χ4n) is 2.28. The molecule has 0 aliphatic heterocycles. The summed E-state index contributed by atoms with van der Waals surface area (Å²) in [5, 5.41) is 3.90. The molecule has 4 nitrogen and oxygen atoms in total. The topological polar surface area (TPSA) is 46.4 Å². The quantitative estimate of drug-likeness (QED) is 0.591. The van der Waals surface area contributed by atoms with Gasteiger partial charge in [-0.1, -0.05) is 35.3 Å². The zero-order valence-corrected chi connectivity index (χ0v) is 16.0. The maximum atomic E-state index is 12.3. The fraction of sp³-hybridized carbons (Fsp3) is 0.222. The van der Waals surface area contributed by atoms with E-state index in [0.717, 1.165) is 11.3 Å². The van der Waals surface area contributed by atoms with Gasteiger partial charge in [-0.25, -0.2) is 4.98 Å². The van der Waals surface area contributed by atoms with Gasteiger partial charge in [0.25, 0.3) is 0 Å². The number of benzene rings is 1. The first-order chi connectivity index (χ1) is 11.8. The van der Waals surface area contributed by atoms with Crippen molar-refractivity contribution in [2.75, 3.05) is 11.2 Å². The number of rotatable bonds is 4. The van der Waals surface area contributed by atoms with Crippen molar-refractivity contribution in [1.82, 2.24) is 9.38 Å². The van der Waals surface area contributed by atoms with Crippen LogP contribution in [0.5, 0.6) is 0 Å². The molecule has 0 radical (unpaired) electrons. The Morgan fingerprint density at radius 1 is 1.24 bits per heavy atom. The van der Waals surface area contributed by atoms with Gasteiger partial charge in [-0.15, -0.1) is 11.6 Å². The summed E-state index contributed by atoms with van der Waals surface area (Å²) in [6.07, 6.45) is 3.59. The van der Waals surface area contributed by atoms with Gasteiger partial charge in [-0.2, -0.15) is 0 Å². The molecular formula is C18H16Cl3N3O. The van der Waals surface area contributed by atoms with Crippen LogP contribution in [0, 0.1) is 5.41 Å². The van der Waals surface area contributed by atoms with Crippen LogP contribution in [0.1, 0.15) is 13.8 Å². The molecule has 1 aromatic carbocycles. The van der Waals surface area contributed by atoms with E-state index in [1.165, 1.54) is 0 Å². The minimum Gasteiger partial charge on any atom is -0.326 e. The minimum atomic E-state index is -0.648. The molecule has 0 saturated carbocycles. The maximum absolute atomic E-state index is 12.3. The number of nitrogens with zero attached hydrogens (tertiary/aromatic N) is 2. The Hall–Kier alpha value is -1.75. The number of imidazole rings is 1. The van der Waals surface area contributed by atoms with E-state index in [1.54, 1.807) is 30.5 Å². The number of aromatic nitrogens is 2. The highest BCUT2D eigenvalue weighted by Crippen LogP contribution is 2.28. The molecule has 0 unspecified atom stereocenters. The molecular weight excluding hydrogens is 381 g/mol. The van der Waals surface area contributed by atoms with E-state index < -0.39 is 5.41 Å². The number of fused-ring (bicyclic) bond motifs is 1. The number of carbonyl (C=O) groups excluding carboxylic acids is 1. The molecule has 1 amide bonds. The number of pyridine rings is 1. The van der Waals surface area contributed by atoms with Gasteiger partial charge >= 0.3 is 0 Å². The third-order valence-corrected chi connectivity index (χ3v) is 4.99. The number of alkyl halides is 1. The van der Waals surface area contributed by atoms with Gasteiger partial charge in [0.2, 0.25) is 5.91 Å². The summed E-state index contributed by atoms with van der Waals surface area (Å²) in [4.78, 5) is 16.8. The average molecular weight is 397 g/mol. The summed E-state index contributed by atoms with van der Waals surface area (Å²) in [5.74, 6) is 0.106. The molecule has 0 aliphatic carbocycles. The lowest BCUT2D eigenvalue weighted by molar-refractivity contribution is -0.122. The first-order valence-corrected chi connectivity index (χ1v) is 8.91. The number of anilines is 1. The molecule has 2 aromatic heterocycles. The Labute approximate surface area is 160 Å². The SMILES string of the molecule is CC(C)(CCl)C(=O)Nc1cccc(-c2cn3cc(Cl)cc(Cl)c3n2)c1. The lowest BCUT2D eigenvalue weighted by Crippen LogP contribution is -2.32. The normalized spacial score (nSPS) is 11.7. The van der Waals surface area contributed by atoms with Gasteiger partial charge in [0, 0.05) is 29.5 Å². The van der Waals surface area contributed by atoms with Crippen LogP contribution >= 0.6 is 34.8 Å². The number of hydrogen-bond acceptors (Lipinski definition) is 2. The predicted molar refractivity (Wildman–Crippen MR) is 104 cm³/mol. The van der Waals surface area contributed by atoms with Crippen LogP contribution in [0.25, 0.3) is 16.9 Å². The van der Waals surface area contributed by atoms with E-state index in [4.69, 9.17) is 34.8 Å². The van der Waals surface area contributed by atoms with Crippen LogP contribution in [-0.4, -0.2) is 21.2 Å². The molecule has 0 fully saturated rings. The average Bonchev–Trinajstić information content (AvgIpc) is 2.99. The fourth-order valence-corrected chi connectivity index (χ4v) is 2.93. The van der Waals surface area contributed by atoms with E-state index in [1.807, 2.05) is 30.5 Å². The van der Waals surface area contributed by atoms with Gasteiger partial charge in [-0.05, 0) is 32.0 Å². The molecule has 3 rings (SSSR count). The van der Waals surface area contributed by atoms with Crippen LogP contribution < -0.4 is 5.32 Å². The molecule has 3 aromatic rings. The Morgan fingerprint density at radius 3 is 2.72 bits per heavy atom. The van der Waals surface area contributed by atoms with E-state index >= 15 is 0 Å². The zero-order valence-electron chi connectivity index (χ0n) is 13.7. The number of carbonyl (C=O) groups is 1. The number of halogens is 3. The minimum absolute atomic E-state index is 0.135. The molecule has 25 heavy (non-hydrogen) atoms. The van der Waals surface area contributed by atoms with Gasteiger partial charge in [0.1, 0.15) is 0 Å². The highest BCUT2D eigenvalue weighted by atomic mass is 35.5. The van der Waals surface area contributed by atoms with Crippen molar-refractivity contribution in [3.63, 3.8) is 0 Å². The summed E-state index contributed by atoms with van der Waals surface area (Å²) in [6, 6.07) is 9.11. The zero-order chi connectivity index (χ0) is 18.2. The van der Waals surface area contributed by atoms with Crippen LogP contribution in [-0.2, 0) is 4.79 Å². The van der Waals surface area contributed by atoms with E-state index in [9.17, 15) is 4.79 Å². The Kier molecular flexibility index (Phi) is 4.96. The van der Waals surface area contributed by atoms with E-state index in [2.05, 4.69) is 10.3 Å². The van der Waals surface area contributed by atoms with Gasteiger partial charge < -0.3 is 9.72 Å². The molecule has 0 aliphatic rings. The summed E-state index contributed by atoms with van der Waals surface area (Å²) >= 11 is 18.1. The van der Waals surface area contributed by atoms with Crippen molar-refractivity contribution in [3.05, 3.63) is 52.8 Å². The highest BCUT2D eigenvalue weighted by Gasteiger charge is 2.26. The van der Waals surface area contributed by atoms with Gasteiger partial charge in [-0.3, -0.25) is 4.79 Å². The molecule has 0 atom stereocenters. The third-order valence-electron chi connectivity index (χ3n) is 3.84. The van der Waals surface area contributed by atoms with Crippen molar-refractivity contribution in [3.8, 4) is 11.3 Å². The monoisotopic (exact) mass is 395 g/mol. The molecule has 7 heteroatoms. The second-order valence-corrected chi connectivity index (χ2v) is 7.53. The van der Waals surface area contributed by atoms with E-state index in [0.29, 0.717) is 21.4 Å². The van der Waals surface area contributed by atoms with E-state index in [-0.39, 0.29) is 11.8 Å². The second kappa shape index (κ2) is 6.87. The number of amides is 1. The van der Waals surface area contributed by atoms with Crippen molar-refractivity contribution in [2.24, 2.45) is 5.41 Å². The summed E-state index contributed by atoms with van der Waals surface area (Å²) < 4.78 is 1.78. The lowest BCUT2D eigenvalue weighted by atomic mass is 9.95. The standard InChI is InChI=1S/C18H16Cl3N3O/c1-18(2,10-19)17(25)22-13-5-3-4-11(6-13)15-9-24-8-12(20)7-14(21)16(24)23-15/h3-9H,10H2,1-2H3,(H,22,25). The van der Waals surface area contributed by atoms with Crippen LogP contribution in [0.15, 0.2) is 42.7 Å². The van der Waals surface area contributed by atoms with Crippen molar-refractivity contribution >= 4 is 52.0 Å². The molecule has 0 bridgehead atoms. The predicted octanol–water partition coefficient (Wildman–Crippen LogP) is 5.51. The van der Waals surface area contributed by atoms with Gasteiger partial charge in [0.05, 0.1) is 21.2 Å². The van der Waals surface area contributed by atoms with Crippen molar-refractivity contribution < 1.29 is 4.79 Å². The first kappa shape index (κ1) is 18.1. The van der Waals surface area contributed by atoms with Crippen molar-refractivity contribution in [1.29, 1.82) is 0 Å². The van der Waals surface area contributed by atoms with Crippen LogP contribution in [0.4, 0.5) is 5.69 Å². The highest BCUT2D eigenvalue weighted by molar-refractivity contribution is 6.36. The molecule has 0 saturated heterocycles. The summed E-state index contributed by atoms with van der Waals surface area (Å²) in [7, 11) is 0. The smallest absolute Gasteiger partial charge is 0.231 e. The largest absolute Gasteiger partial charge is 0.326 e. The van der Waals surface area contributed by atoms with Crippen LogP contribution in [0.3, 0.4) is 0 Å². The Balaban J connectivity index is 1.94. The van der Waals surface area contributed by atoms with Gasteiger partial charge in [0.15, 0.2) is 5.65 Å². The lowest BCUT2D eigenvalue weighted by Gasteiger charge is -2.20. The first-order valence-electron chi connectivity index (χ1n) is 7.62. The Bertz CT molecular complexity index is 950. The Morgan fingerprint density at radius 2 is 2.00 bits per heavy atom. The summed E-state index contributed by atoms with van der Waals surface area (Å²) in [6.45, 7) is 3.60. The molecule has 1 N–H and O–H groups in total. The summed E-state index contributed by atoms with van der Waals surface area (Å²) in [5.41, 5.74) is 2.25.